The molecule has 0 saturated heterocycles. The molecule has 5 aliphatic carbocycles. The highest BCUT2D eigenvalue weighted by atomic mass is 16.5. The van der Waals surface area contributed by atoms with E-state index in [1.165, 1.54) is 6.42 Å². The molecule has 8 atom stereocenters. The predicted molar refractivity (Wildman–Crippen MR) is 141 cm³/mol. The van der Waals surface area contributed by atoms with E-state index in [0.717, 1.165) is 45.1 Å². The van der Waals surface area contributed by atoms with Crippen LogP contribution in [0, 0.1) is 67.5 Å². The minimum Gasteiger partial charge on any atom is -0.384 e. The number of methoxy groups -OCH3 is 1. The van der Waals surface area contributed by atoms with Gasteiger partial charge in [0.05, 0.1) is 12.2 Å². The van der Waals surface area contributed by atoms with Gasteiger partial charge in [-0.1, -0.05) is 54.5 Å². The lowest BCUT2D eigenvalue weighted by Gasteiger charge is -2.72. The Bertz CT molecular complexity index is 1060. The molecule has 0 aromatic heterocycles. The van der Waals surface area contributed by atoms with Crippen molar-refractivity contribution in [1.29, 1.82) is 5.26 Å². The number of allylic oxidation sites excluding steroid dienone is 2. The SMILES string of the molecule is COC[C@]12CCC(C)(C)CC1C1C(=O)C[C@@H]3[C@@]4(C)C=C(C#N)C(=O)C(C)(C)[C@@H]4CC[C@@]3(C)[C@]1(C)CC2. The lowest BCUT2D eigenvalue weighted by Crippen LogP contribution is -2.69. The maximum Gasteiger partial charge on any atom is 0.178 e. The number of carbonyl (C=O) groups excluding carboxylic acids is 2. The zero-order valence-electron chi connectivity index (χ0n) is 23.9. The van der Waals surface area contributed by atoms with Crippen LogP contribution in [0.1, 0.15) is 99.8 Å². The van der Waals surface area contributed by atoms with Crippen molar-refractivity contribution >= 4 is 11.6 Å². The van der Waals surface area contributed by atoms with Gasteiger partial charge in [-0.2, -0.15) is 5.26 Å². The van der Waals surface area contributed by atoms with Crippen molar-refractivity contribution in [2.45, 2.75) is 99.8 Å². The predicted octanol–water partition coefficient (Wildman–Crippen LogP) is 6.93. The molecule has 2 unspecified atom stereocenters. The van der Waals surface area contributed by atoms with Crippen LogP contribution in [0.3, 0.4) is 0 Å². The summed E-state index contributed by atoms with van der Waals surface area (Å²) in [5.41, 5.74) is -0.328. The number of carbonyl (C=O) groups is 2. The Balaban J connectivity index is 1.63. The van der Waals surface area contributed by atoms with Gasteiger partial charge in [0.25, 0.3) is 0 Å². The van der Waals surface area contributed by atoms with Crippen molar-refractivity contribution in [3.05, 3.63) is 11.6 Å². The summed E-state index contributed by atoms with van der Waals surface area (Å²) in [6.45, 7) is 16.8. The molecule has 198 valence electrons. The first kappa shape index (κ1) is 26.1. The molecule has 0 aromatic carbocycles. The van der Waals surface area contributed by atoms with Gasteiger partial charge in [-0.3, -0.25) is 9.59 Å². The summed E-state index contributed by atoms with van der Waals surface area (Å²) in [7, 11) is 1.83. The Morgan fingerprint density at radius 1 is 0.944 bits per heavy atom. The summed E-state index contributed by atoms with van der Waals surface area (Å²) < 4.78 is 5.85. The molecule has 5 rings (SSSR count). The number of hydrogen-bond donors (Lipinski definition) is 0. The molecule has 4 fully saturated rings. The second kappa shape index (κ2) is 7.78. The number of rotatable bonds is 2. The third-order valence-electron chi connectivity index (χ3n) is 13.1. The molecule has 0 aliphatic heterocycles. The summed E-state index contributed by atoms with van der Waals surface area (Å²) in [5, 5.41) is 9.89. The van der Waals surface area contributed by atoms with Crippen LogP contribution in [0.4, 0.5) is 0 Å². The molecule has 0 bridgehead atoms. The second-order valence-electron chi connectivity index (χ2n) is 15.5. The molecule has 36 heavy (non-hydrogen) atoms. The molecule has 0 amide bonds. The standard InChI is InChI=1S/C32H47NO3/c1-27(2)11-13-32(19-36-8)14-12-31(7)25(21(32)17-27)22(34)15-24-29(5)16-20(18-33)26(35)28(3,4)23(29)9-10-30(24,31)6/h16,21,23-25H,9-15,17,19H2,1-8H3/t21?,23-,24+,25?,29-,30+,31+,32+/m0/s1. The van der Waals surface area contributed by atoms with Crippen LogP contribution in [0.5, 0.6) is 0 Å². The zero-order valence-corrected chi connectivity index (χ0v) is 23.9. The van der Waals surface area contributed by atoms with Gasteiger partial charge < -0.3 is 4.74 Å². The third-order valence-corrected chi connectivity index (χ3v) is 13.1. The maximum atomic E-state index is 14.4. The highest BCUT2D eigenvalue weighted by Crippen LogP contribution is 2.75. The topological polar surface area (TPSA) is 67.2 Å². The van der Waals surface area contributed by atoms with E-state index in [1.54, 1.807) is 0 Å². The van der Waals surface area contributed by atoms with E-state index in [0.29, 0.717) is 23.7 Å². The summed E-state index contributed by atoms with van der Waals surface area (Å²) >= 11 is 0. The zero-order chi connectivity index (χ0) is 26.5. The van der Waals surface area contributed by atoms with Crippen molar-refractivity contribution in [1.82, 2.24) is 0 Å². The third kappa shape index (κ3) is 3.14. The van der Waals surface area contributed by atoms with Gasteiger partial charge in [0.15, 0.2) is 5.78 Å². The Kier molecular flexibility index (Phi) is 5.65. The summed E-state index contributed by atoms with van der Waals surface area (Å²) in [4.78, 5) is 27.7. The number of Topliss-reactive ketones (excluding diaryl/α,β-unsaturated/α-hetero) is 2. The molecular formula is C32H47NO3. The van der Waals surface area contributed by atoms with Crippen molar-refractivity contribution in [3.8, 4) is 6.07 Å². The fourth-order valence-corrected chi connectivity index (χ4v) is 11.0. The highest BCUT2D eigenvalue weighted by Gasteiger charge is 2.72. The van der Waals surface area contributed by atoms with E-state index in [9.17, 15) is 14.9 Å². The number of hydrogen-bond acceptors (Lipinski definition) is 4. The van der Waals surface area contributed by atoms with Gasteiger partial charge >= 0.3 is 0 Å². The van der Waals surface area contributed by atoms with Crippen LogP contribution in [0.2, 0.25) is 0 Å². The van der Waals surface area contributed by atoms with Gasteiger partial charge in [-0.15, -0.1) is 0 Å². The van der Waals surface area contributed by atoms with E-state index in [-0.39, 0.29) is 50.6 Å². The van der Waals surface area contributed by atoms with E-state index >= 15 is 0 Å². The average molecular weight is 494 g/mol. The minimum atomic E-state index is -0.579. The quantitative estimate of drug-likeness (QED) is 0.418. The summed E-state index contributed by atoms with van der Waals surface area (Å²) in [5.74, 6) is 1.16. The number of fused-ring (bicyclic) bond motifs is 7. The fourth-order valence-electron chi connectivity index (χ4n) is 11.0. The molecule has 4 heteroatoms. The normalized spacial score (nSPS) is 49.0. The number of nitrogens with zero attached hydrogens (tertiary/aromatic N) is 1. The van der Waals surface area contributed by atoms with E-state index < -0.39 is 5.41 Å². The molecule has 0 heterocycles. The van der Waals surface area contributed by atoms with E-state index in [2.05, 4.69) is 40.7 Å². The molecule has 0 radical (unpaired) electrons. The Morgan fingerprint density at radius 3 is 2.25 bits per heavy atom. The Labute approximate surface area is 218 Å². The number of ketones is 2. The van der Waals surface area contributed by atoms with Crippen LogP contribution in [0.25, 0.3) is 0 Å². The molecule has 5 aliphatic rings. The molecule has 0 N–H and O–H groups in total. The van der Waals surface area contributed by atoms with Crippen molar-refractivity contribution in [3.63, 3.8) is 0 Å². The van der Waals surface area contributed by atoms with Crippen LogP contribution >= 0.6 is 0 Å². The van der Waals surface area contributed by atoms with Crippen LogP contribution in [-0.2, 0) is 14.3 Å². The molecule has 4 saturated carbocycles. The van der Waals surface area contributed by atoms with Crippen LogP contribution in [0.15, 0.2) is 11.6 Å². The molecular weight excluding hydrogens is 446 g/mol. The number of nitriles is 1. The minimum absolute atomic E-state index is 0.00875. The lowest BCUT2D eigenvalue weighted by atomic mass is 9.31. The smallest absolute Gasteiger partial charge is 0.178 e. The number of ether oxygens (including phenoxy) is 1. The highest BCUT2D eigenvalue weighted by molar-refractivity contribution is 6.04. The molecule has 4 nitrogen and oxygen atoms in total. The van der Waals surface area contributed by atoms with Crippen molar-refractivity contribution in [2.75, 3.05) is 13.7 Å². The van der Waals surface area contributed by atoms with Crippen molar-refractivity contribution < 1.29 is 14.3 Å². The monoisotopic (exact) mass is 493 g/mol. The van der Waals surface area contributed by atoms with Gasteiger partial charge in [0.1, 0.15) is 11.9 Å². The van der Waals surface area contributed by atoms with Gasteiger partial charge in [-0.25, -0.2) is 0 Å². The largest absolute Gasteiger partial charge is 0.384 e. The first-order chi connectivity index (χ1) is 16.6. The summed E-state index contributed by atoms with van der Waals surface area (Å²) in [6, 6.07) is 2.23. The first-order valence-corrected chi connectivity index (χ1v) is 14.3. The van der Waals surface area contributed by atoms with Crippen molar-refractivity contribution in [2.24, 2.45) is 56.2 Å². The van der Waals surface area contributed by atoms with Gasteiger partial charge in [0, 0.05) is 24.9 Å². The Morgan fingerprint density at radius 2 is 1.61 bits per heavy atom. The maximum absolute atomic E-state index is 14.4. The molecule has 0 spiro atoms. The second-order valence-corrected chi connectivity index (χ2v) is 15.5. The van der Waals surface area contributed by atoms with Gasteiger partial charge in [-0.05, 0) is 89.8 Å². The molecule has 0 aromatic rings. The Hall–Kier alpha value is -1.47. The van der Waals surface area contributed by atoms with Crippen LogP contribution in [-0.4, -0.2) is 25.3 Å². The lowest BCUT2D eigenvalue weighted by molar-refractivity contribution is -0.227. The first-order valence-electron chi connectivity index (χ1n) is 14.3. The van der Waals surface area contributed by atoms with E-state index in [1.807, 2.05) is 27.0 Å². The van der Waals surface area contributed by atoms with Crippen LogP contribution < -0.4 is 0 Å². The average Bonchev–Trinajstić information content (AvgIpc) is 2.79. The van der Waals surface area contributed by atoms with E-state index in [4.69, 9.17) is 4.74 Å². The van der Waals surface area contributed by atoms with Gasteiger partial charge in [0.2, 0.25) is 0 Å². The summed E-state index contributed by atoms with van der Waals surface area (Å²) in [6.07, 6.45) is 10.3. The fraction of sp³-hybridized carbons (Fsp3) is 0.844.